The molecule has 1 saturated carbocycles. The fourth-order valence-corrected chi connectivity index (χ4v) is 3.06. The first kappa shape index (κ1) is 14.9. The number of hydrogen-bond donors (Lipinski definition) is 1. The van der Waals surface area contributed by atoms with Crippen molar-refractivity contribution in [3.8, 4) is 0 Å². The molecule has 1 aliphatic rings. The van der Waals surface area contributed by atoms with Crippen molar-refractivity contribution in [3.63, 3.8) is 0 Å². The predicted molar refractivity (Wildman–Crippen MR) is 84.1 cm³/mol. The summed E-state index contributed by atoms with van der Waals surface area (Å²) in [4.78, 5) is 13.8. The van der Waals surface area contributed by atoms with E-state index < -0.39 is 0 Å². The van der Waals surface area contributed by atoms with Crippen molar-refractivity contribution in [3.05, 3.63) is 29.8 Å². The van der Waals surface area contributed by atoms with E-state index in [9.17, 15) is 4.79 Å². The second kappa shape index (κ2) is 6.78. The monoisotopic (exact) mass is 274 g/mol. The Morgan fingerprint density at radius 3 is 2.75 bits per heavy atom. The zero-order valence-corrected chi connectivity index (χ0v) is 12.9. The number of carbonyl (C=O) groups is 1. The molecule has 0 saturated heterocycles. The minimum absolute atomic E-state index is 0.0603. The molecule has 3 nitrogen and oxygen atoms in total. The van der Waals surface area contributed by atoms with E-state index in [1.54, 1.807) is 19.0 Å². The molecule has 1 aromatic carbocycles. The quantitative estimate of drug-likeness (QED) is 0.909. The fourth-order valence-electron chi connectivity index (χ4n) is 3.06. The summed E-state index contributed by atoms with van der Waals surface area (Å²) < 4.78 is 0. The molecule has 0 radical (unpaired) electrons. The van der Waals surface area contributed by atoms with Gasteiger partial charge in [-0.3, -0.25) is 4.79 Å². The number of nitrogens with one attached hydrogen (secondary N) is 1. The van der Waals surface area contributed by atoms with Gasteiger partial charge in [-0.15, -0.1) is 0 Å². The Labute approximate surface area is 122 Å². The van der Waals surface area contributed by atoms with Crippen molar-refractivity contribution < 1.29 is 4.79 Å². The third-order valence-corrected chi connectivity index (χ3v) is 4.19. The van der Waals surface area contributed by atoms with Crippen molar-refractivity contribution in [1.82, 2.24) is 4.90 Å². The van der Waals surface area contributed by atoms with Gasteiger partial charge in [-0.2, -0.15) is 0 Å². The summed E-state index contributed by atoms with van der Waals surface area (Å²) in [6.45, 7) is 3.32. The molecule has 0 aliphatic heterocycles. The number of hydrogen-bond acceptors (Lipinski definition) is 2. The number of para-hydroxylation sites is 1. The molecule has 1 N–H and O–H groups in total. The molecule has 0 bridgehead atoms. The third-order valence-electron chi connectivity index (χ3n) is 4.19. The minimum atomic E-state index is 0.0603. The molecule has 1 amide bonds. The van der Waals surface area contributed by atoms with Gasteiger partial charge in [0.2, 0.25) is 0 Å². The molecule has 1 fully saturated rings. The molecule has 0 heterocycles. The van der Waals surface area contributed by atoms with Gasteiger partial charge in [-0.05, 0) is 36.8 Å². The Morgan fingerprint density at radius 2 is 2.05 bits per heavy atom. The molecule has 1 aliphatic carbocycles. The van der Waals surface area contributed by atoms with E-state index in [-0.39, 0.29) is 5.91 Å². The highest BCUT2D eigenvalue weighted by Crippen LogP contribution is 2.29. The highest BCUT2D eigenvalue weighted by molar-refractivity contribution is 5.99. The molecule has 110 valence electrons. The van der Waals surface area contributed by atoms with Crippen molar-refractivity contribution in [1.29, 1.82) is 0 Å². The van der Waals surface area contributed by atoms with Crippen LogP contribution < -0.4 is 5.32 Å². The Hall–Kier alpha value is -1.51. The molecule has 2 rings (SSSR count). The number of carbonyl (C=O) groups excluding carboxylic acids is 1. The van der Waals surface area contributed by atoms with Gasteiger partial charge in [0.1, 0.15) is 0 Å². The van der Waals surface area contributed by atoms with E-state index in [0.29, 0.717) is 0 Å². The van der Waals surface area contributed by atoms with Crippen LogP contribution in [0.3, 0.4) is 0 Å². The molecule has 2 unspecified atom stereocenters. The van der Waals surface area contributed by atoms with E-state index in [2.05, 4.69) is 12.2 Å². The molecular formula is C17H26N2O. The number of benzene rings is 1. The van der Waals surface area contributed by atoms with Gasteiger partial charge in [0.05, 0.1) is 5.56 Å². The van der Waals surface area contributed by atoms with Crippen LogP contribution in [0.25, 0.3) is 0 Å². The van der Waals surface area contributed by atoms with Crippen molar-refractivity contribution in [2.75, 3.05) is 26.0 Å². The van der Waals surface area contributed by atoms with Gasteiger partial charge in [-0.1, -0.05) is 31.9 Å². The lowest BCUT2D eigenvalue weighted by molar-refractivity contribution is 0.0828. The maximum absolute atomic E-state index is 12.2. The van der Waals surface area contributed by atoms with Crippen LogP contribution in [-0.4, -0.2) is 31.4 Å². The Morgan fingerprint density at radius 1 is 1.30 bits per heavy atom. The normalized spacial score (nSPS) is 22.4. The summed E-state index contributed by atoms with van der Waals surface area (Å²) in [6.07, 6.45) is 5.32. The average Bonchev–Trinajstić information content (AvgIpc) is 2.44. The Bertz CT molecular complexity index is 456. The molecule has 0 aromatic heterocycles. The number of rotatable bonds is 4. The fraction of sp³-hybridized carbons (Fsp3) is 0.588. The molecule has 2 atom stereocenters. The first-order valence-electron chi connectivity index (χ1n) is 7.62. The van der Waals surface area contributed by atoms with Gasteiger partial charge < -0.3 is 10.2 Å². The SMILES string of the molecule is CC1CCCC(CNc2ccccc2C(=O)N(C)C)C1. The van der Waals surface area contributed by atoms with Gasteiger partial charge in [0.15, 0.2) is 0 Å². The minimum Gasteiger partial charge on any atom is -0.384 e. The second-order valence-electron chi connectivity index (χ2n) is 6.26. The predicted octanol–water partition coefficient (Wildman–Crippen LogP) is 3.63. The summed E-state index contributed by atoms with van der Waals surface area (Å²) in [5.74, 6) is 1.64. The summed E-state index contributed by atoms with van der Waals surface area (Å²) in [7, 11) is 3.59. The van der Waals surface area contributed by atoms with Crippen LogP contribution in [0, 0.1) is 11.8 Å². The first-order chi connectivity index (χ1) is 9.58. The van der Waals surface area contributed by atoms with Crippen LogP contribution in [-0.2, 0) is 0 Å². The second-order valence-corrected chi connectivity index (χ2v) is 6.26. The third kappa shape index (κ3) is 3.75. The van der Waals surface area contributed by atoms with Crippen LogP contribution >= 0.6 is 0 Å². The zero-order chi connectivity index (χ0) is 14.5. The maximum atomic E-state index is 12.2. The summed E-state index contributed by atoms with van der Waals surface area (Å²) >= 11 is 0. The van der Waals surface area contributed by atoms with Crippen LogP contribution in [0.1, 0.15) is 43.0 Å². The average molecular weight is 274 g/mol. The van der Waals surface area contributed by atoms with Crippen LogP contribution in [0.15, 0.2) is 24.3 Å². The molecule has 0 spiro atoms. The molecule has 20 heavy (non-hydrogen) atoms. The summed E-state index contributed by atoms with van der Waals surface area (Å²) in [6, 6.07) is 7.81. The van der Waals surface area contributed by atoms with Crippen molar-refractivity contribution in [2.24, 2.45) is 11.8 Å². The van der Waals surface area contributed by atoms with E-state index in [1.165, 1.54) is 25.7 Å². The van der Waals surface area contributed by atoms with Gasteiger partial charge in [0.25, 0.3) is 5.91 Å². The maximum Gasteiger partial charge on any atom is 0.255 e. The highest BCUT2D eigenvalue weighted by Gasteiger charge is 2.19. The van der Waals surface area contributed by atoms with E-state index in [1.807, 2.05) is 24.3 Å². The van der Waals surface area contributed by atoms with E-state index in [4.69, 9.17) is 0 Å². The van der Waals surface area contributed by atoms with Crippen LogP contribution in [0.2, 0.25) is 0 Å². The lowest BCUT2D eigenvalue weighted by Gasteiger charge is -2.27. The molecule has 1 aromatic rings. The number of nitrogens with zero attached hydrogens (tertiary/aromatic N) is 1. The van der Waals surface area contributed by atoms with Crippen molar-refractivity contribution >= 4 is 11.6 Å². The standard InChI is InChI=1S/C17H26N2O/c1-13-7-6-8-14(11-13)12-18-16-10-5-4-9-15(16)17(20)19(2)3/h4-5,9-10,13-14,18H,6-8,11-12H2,1-3H3. The van der Waals surface area contributed by atoms with Crippen LogP contribution in [0.4, 0.5) is 5.69 Å². The number of anilines is 1. The molecular weight excluding hydrogens is 248 g/mol. The number of amides is 1. The smallest absolute Gasteiger partial charge is 0.255 e. The van der Waals surface area contributed by atoms with E-state index >= 15 is 0 Å². The first-order valence-corrected chi connectivity index (χ1v) is 7.62. The molecule has 3 heteroatoms. The largest absolute Gasteiger partial charge is 0.384 e. The summed E-state index contributed by atoms with van der Waals surface area (Å²) in [5, 5.41) is 3.49. The van der Waals surface area contributed by atoms with Gasteiger partial charge >= 0.3 is 0 Å². The van der Waals surface area contributed by atoms with E-state index in [0.717, 1.165) is 29.6 Å². The van der Waals surface area contributed by atoms with Crippen LogP contribution in [0.5, 0.6) is 0 Å². The Balaban J connectivity index is 2.00. The van der Waals surface area contributed by atoms with Gasteiger partial charge in [0, 0.05) is 26.3 Å². The highest BCUT2D eigenvalue weighted by atomic mass is 16.2. The zero-order valence-electron chi connectivity index (χ0n) is 12.9. The van der Waals surface area contributed by atoms with Crippen molar-refractivity contribution in [2.45, 2.75) is 32.6 Å². The topological polar surface area (TPSA) is 32.3 Å². The Kier molecular flexibility index (Phi) is 5.05. The van der Waals surface area contributed by atoms with Gasteiger partial charge in [-0.25, -0.2) is 0 Å². The summed E-state index contributed by atoms with van der Waals surface area (Å²) in [5.41, 5.74) is 1.73. The lowest BCUT2D eigenvalue weighted by atomic mass is 9.82. The lowest BCUT2D eigenvalue weighted by Crippen LogP contribution is -2.25.